The molecule has 2 aromatic carbocycles. The van der Waals surface area contributed by atoms with E-state index < -0.39 is 17.6 Å². The van der Waals surface area contributed by atoms with E-state index >= 15 is 0 Å². The Kier molecular flexibility index (Phi) is 3.31. The van der Waals surface area contributed by atoms with Gasteiger partial charge in [0.15, 0.2) is 0 Å². The summed E-state index contributed by atoms with van der Waals surface area (Å²) in [6, 6.07) is 7.11. The van der Waals surface area contributed by atoms with Crippen LogP contribution in [0.4, 0.5) is 17.6 Å². The molecule has 2 heterocycles. The zero-order chi connectivity index (χ0) is 17.8. The van der Waals surface area contributed by atoms with E-state index in [2.05, 4.69) is 10.3 Å². The van der Waals surface area contributed by atoms with Crippen molar-refractivity contribution in [1.29, 1.82) is 0 Å². The van der Waals surface area contributed by atoms with Crippen LogP contribution in [0.15, 0.2) is 36.4 Å². The molecule has 0 atom stereocenters. The van der Waals surface area contributed by atoms with Crippen LogP contribution in [0.1, 0.15) is 15.9 Å². The number of hydrogen-bond acceptors (Lipinski definition) is 2. The molecule has 0 fully saturated rings. The summed E-state index contributed by atoms with van der Waals surface area (Å²) in [6.45, 7) is 0.552. The van der Waals surface area contributed by atoms with Gasteiger partial charge >= 0.3 is 6.18 Å². The molecule has 3 aromatic rings. The highest BCUT2D eigenvalue weighted by Crippen LogP contribution is 2.35. The number of nitrogens with zero attached hydrogens (tertiary/aromatic N) is 2. The van der Waals surface area contributed by atoms with E-state index in [4.69, 9.17) is 0 Å². The van der Waals surface area contributed by atoms with Gasteiger partial charge in [-0.15, -0.1) is 0 Å². The van der Waals surface area contributed by atoms with Crippen LogP contribution in [-0.4, -0.2) is 22.0 Å². The number of rotatable bonds is 1. The number of imidazole rings is 1. The minimum absolute atomic E-state index is 0.0718. The summed E-state index contributed by atoms with van der Waals surface area (Å²) in [5.41, 5.74) is 0.0879. The Balaban J connectivity index is 2.01. The second-order valence-electron chi connectivity index (χ2n) is 5.71. The van der Waals surface area contributed by atoms with Crippen LogP contribution < -0.4 is 5.32 Å². The average molecular weight is 349 g/mol. The number of carbonyl (C=O) groups excluding carboxylic acids is 1. The molecule has 1 aromatic heterocycles. The normalized spacial score (nSPS) is 14.5. The molecule has 0 bridgehead atoms. The zero-order valence-electron chi connectivity index (χ0n) is 12.7. The Morgan fingerprint density at radius 2 is 1.92 bits per heavy atom. The third-order valence-corrected chi connectivity index (χ3v) is 4.17. The molecular formula is C17H11F4N3O. The maximum absolute atomic E-state index is 14.3. The Labute approximate surface area is 139 Å². The van der Waals surface area contributed by atoms with Crippen LogP contribution in [-0.2, 0) is 12.7 Å². The minimum atomic E-state index is -4.59. The summed E-state index contributed by atoms with van der Waals surface area (Å²) in [4.78, 5) is 16.4. The minimum Gasteiger partial charge on any atom is -0.350 e. The number of alkyl halides is 3. The highest BCUT2D eigenvalue weighted by molar-refractivity contribution is 6.06. The van der Waals surface area contributed by atoms with Gasteiger partial charge in [0, 0.05) is 13.1 Å². The van der Waals surface area contributed by atoms with Crippen LogP contribution >= 0.6 is 0 Å². The molecule has 0 saturated carbocycles. The lowest BCUT2D eigenvalue weighted by Crippen LogP contribution is -2.24. The quantitative estimate of drug-likeness (QED) is 0.683. The molecule has 4 nitrogen and oxygen atoms in total. The lowest BCUT2D eigenvalue weighted by atomic mass is 10.1. The summed E-state index contributed by atoms with van der Waals surface area (Å²) in [5, 5.41) is 2.71. The summed E-state index contributed by atoms with van der Waals surface area (Å²) < 4.78 is 54.8. The van der Waals surface area contributed by atoms with Gasteiger partial charge in [-0.3, -0.25) is 4.79 Å². The standard InChI is InChI=1S/C17H11F4N3O/c18-12-5-4-9(17(19,20)21)8-11(12)15-23-13-3-1-2-10-14(13)24(15)7-6-22-16(10)25/h1-5,8H,6-7H2,(H,22,25). The van der Waals surface area contributed by atoms with E-state index in [9.17, 15) is 22.4 Å². The van der Waals surface area contributed by atoms with Crippen LogP contribution in [0.5, 0.6) is 0 Å². The first-order chi connectivity index (χ1) is 11.9. The summed E-state index contributed by atoms with van der Waals surface area (Å²) in [5.74, 6) is -1.02. The van der Waals surface area contributed by atoms with E-state index in [0.29, 0.717) is 22.7 Å². The fourth-order valence-corrected chi connectivity index (χ4v) is 3.04. The number of hydrogen-bond donors (Lipinski definition) is 1. The molecule has 8 heteroatoms. The SMILES string of the molecule is O=C1NCCn2c(-c3cc(C(F)(F)F)ccc3F)nc3cccc1c32. The predicted octanol–water partition coefficient (Wildman–Crippen LogP) is 3.60. The topological polar surface area (TPSA) is 46.9 Å². The van der Waals surface area contributed by atoms with Crippen molar-refractivity contribution in [3.8, 4) is 11.4 Å². The highest BCUT2D eigenvalue weighted by atomic mass is 19.4. The van der Waals surface area contributed by atoms with Gasteiger partial charge in [-0.1, -0.05) is 6.07 Å². The van der Waals surface area contributed by atoms with Gasteiger partial charge in [0.2, 0.25) is 0 Å². The van der Waals surface area contributed by atoms with E-state index in [-0.39, 0.29) is 30.4 Å². The van der Waals surface area contributed by atoms with E-state index in [1.165, 1.54) is 0 Å². The molecule has 4 rings (SSSR count). The van der Waals surface area contributed by atoms with Gasteiger partial charge in [-0.25, -0.2) is 9.37 Å². The highest BCUT2D eigenvalue weighted by Gasteiger charge is 2.32. The smallest absolute Gasteiger partial charge is 0.350 e. The molecule has 1 amide bonds. The Hall–Kier alpha value is -2.90. The number of para-hydroxylation sites is 1. The van der Waals surface area contributed by atoms with E-state index in [0.717, 1.165) is 12.1 Å². The Morgan fingerprint density at radius 1 is 1.12 bits per heavy atom. The van der Waals surface area contributed by atoms with E-state index in [1.807, 2.05) is 0 Å². The molecule has 0 saturated heterocycles. The average Bonchev–Trinajstić information content (AvgIpc) is 2.83. The maximum atomic E-state index is 14.3. The number of amides is 1. The first kappa shape index (κ1) is 15.6. The molecule has 0 aliphatic carbocycles. The van der Waals surface area contributed by atoms with Gasteiger partial charge in [0.1, 0.15) is 11.6 Å². The fourth-order valence-electron chi connectivity index (χ4n) is 3.04. The Morgan fingerprint density at radius 3 is 2.68 bits per heavy atom. The second kappa shape index (κ2) is 5.30. The summed E-state index contributed by atoms with van der Waals surface area (Å²) in [6.07, 6.45) is -4.59. The third kappa shape index (κ3) is 2.45. The molecule has 1 N–H and O–H groups in total. The van der Waals surface area contributed by atoms with Crippen molar-refractivity contribution in [2.45, 2.75) is 12.7 Å². The molecule has 0 radical (unpaired) electrons. The second-order valence-corrected chi connectivity index (χ2v) is 5.71. The van der Waals surface area contributed by atoms with Crippen molar-refractivity contribution in [1.82, 2.24) is 14.9 Å². The van der Waals surface area contributed by atoms with E-state index in [1.54, 1.807) is 22.8 Å². The largest absolute Gasteiger partial charge is 0.416 e. The Bertz CT molecular complexity index is 1010. The number of aromatic nitrogens is 2. The van der Waals surface area contributed by atoms with Gasteiger partial charge in [-0.2, -0.15) is 13.2 Å². The first-order valence-electron chi connectivity index (χ1n) is 7.51. The molecule has 0 unspecified atom stereocenters. The maximum Gasteiger partial charge on any atom is 0.416 e. The fraction of sp³-hybridized carbons (Fsp3) is 0.176. The summed E-state index contributed by atoms with van der Waals surface area (Å²) >= 11 is 0. The number of nitrogens with one attached hydrogen (secondary N) is 1. The van der Waals surface area contributed by atoms with Gasteiger partial charge in [0.25, 0.3) is 5.91 Å². The number of benzene rings is 2. The molecule has 25 heavy (non-hydrogen) atoms. The molecule has 1 aliphatic rings. The van der Waals surface area contributed by atoms with Crippen molar-refractivity contribution < 1.29 is 22.4 Å². The zero-order valence-corrected chi connectivity index (χ0v) is 12.7. The lowest BCUT2D eigenvalue weighted by Gasteiger charge is -2.11. The molecule has 1 aliphatic heterocycles. The monoisotopic (exact) mass is 349 g/mol. The van der Waals surface area contributed by atoms with Crippen LogP contribution in [0.3, 0.4) is 0 Å². The number of halogens is 4. The van der Waals surface area contributed by atoms with Crippen molar-refractivity contribution in [2.24, 2.45) is 0 Å². The molecular weight excluding hydrogens is 338 g/mol. The van der Waals surface area contributed by atoms with Gasteiger partial charge in [-0.05, 0) is 30.3 Å². The van der Waals surface area contributed by atoms with Gasteiger partial charge in [0.05, 0.1) is 27.7 Å². The summed E-state index contributed by atoms with van der Waals surface area (Å²) in [7, 11) is 0. The lowest BCUT2D eigenvalue weighted by molar-refractivity contribution is -0.137. The number of carbonyl (C=O) groups is 1. The van der Waals surface area contributed by atoms with Gasteiger partial charge < -0.3 is 9.88 Å². The third-order valence-electron chi connectivity index (χ3n) is 4.17. The van der Waals surface area contributed by atoms with Crippen molar-refractivity contribution in [3.63, 3.8) is 0 Å². The molecule has 0 spiro atoms. The molecule has 128 valence electrons. The van der Waals surface area contributed by atoms with Crippen LogP contribution in [0.25, 0.3) is 22.4 Å². The van der Waals surface area contributed by atoms with Crippen molar-refractivity contribution >= 4 is 16.9 Å². The predicted molar refractivity (Wildman–Crippen MR) is 82.5 cm³/mol. The van der Waals surface area contributed by atoms with Crippen LogP contribution in [0, 0.1) is 5.82 Å². The van der Waals surface area contributed by atoms with Crippen molar-refractivity contribution in [2.75, 3.05) is 6.54 Å². The van der Waals surface area contributed by atoms with Crippen LogP contribution in [0.2, 0.25) is 0 Å². The van der Waals surface area contributed by atoms with Crippen molar-refractivity contribution in [3.05, 3.63) is 53.3 Å². The first-order valence-corrected chi connectivity index (χ1v) is 7.51.